The minimum absolute atomic E-state index is 0.160. The maximum Gasteiger partial charge on any atom is 0.257 e. The predicted octanol–water partition coefficient (Wildman–Crippen LogP) is 3.54. The molecule has 0 aliphatic carbocycles. The van der Waals surface area contributed by atoms with Crippen molar-refractivity contribution in [1.29, 1.82) is 0 Å². The van der Waals surface area contributed by atoms with Gasteiger partial charge < -0.3 is 19.8 Å². The lowest BCUT2D eigenvalue weighted by atomic mass is 9.86. The van der Waals surface area contributed by atoms with Gasteiger partial charge in [0.25, 0.3) is 5.56 Å². The van der Waals surface area contributed by atoms with E-state index in [1.807, 2.05) is 25.1 Å². The number of aromatic nitrogens is 2. The first-order valence-electron chi connectivity index (χ1n) is 9.44. The molecule has 2 aromatic rings. The molecule has 3 rings (SSSR count). The van der Waals surface area contributed by atoms with E-state index >= 15 is 0 Å². The fourth-order valence-corrected chi connectivity index (χ4v) is 3.85. The standard InChI is InChI=1S/C20H25N3O4S/c1-4-8-27-14-7-6-12(10-15(14)26-3)13-11-16(24)21-18-17(13)19(25)23-20(22-18)28-9-5-2/h6-7,10,13H,4-5,8-9,11H2,1-3H3,(H2,21,22,23,24,25)/t13-/m0/s1. The van der Waals surface area contributed by atoms with Gasteiger partial charge in [0.2, 0.25) is 5.91 Å². The molecule has 0 saturated heterocycles. The summed E-state index contributed by atoms with van der Waals surface area (Å²) in [6.07, 6.45) is 2.03. The normalized spacial score (nSPS) is 15.7. The maximum absolute atomic E-state index is 12.8. The Balaban J connectivity index is 2.00. The van der Waals surface area contributed by atoms with Crippen molar-refractivity contribution in [3.05, 3.63) is 39.7 Å². The SMILES string of the molecule is CCCOc1ccc([C@@H]2CC(=O)Nc3nc(SCCC)[nH]c(=O)c32)cc1OC. The number of methoxy groups -OCH3 is 1. The van der Waals surface area contributed by atoms with Crippen molar-refractivity contribution in [3.63, 3.8) is 0 Å². The van der Waals surface area contributed by atoms with Gasteiger partial charge in [0, 0.05) is 18.1 Å². The number of benzene rings is 1. The van der Waals surface area contributed by atoms with Crippen LogP contribution in [0, 0.1) is 0 Å². The third-order valence-corrected chi connectivity index (χ3v) is 5.50. The summed E-state index contributed by atoms with van der Waals surface area (Å²) in [7, 11) is 1.57. The number of ether oxygens (including phenoxy) is 2. The Morgan fingerprint density at radius 3 is 2.75 bits per heavy atom. The molecule has 0 spiro atoms. The van der Waals surface area contributed by atoms with E-state index in [1.54, 1.807) is 7.11 Å². The largest absolute Gasteiger partial charge is 0.493 e. The molecule has 28 heavy (non-hydrogen) atoms. The van der Waals surface area contributed by atoms with E-state index in [1.165, 1.54) is 11.8 Å². The fourth-order valence-electron chi connectivity index (χ4n) is 3.13. The van der Waals surface area contributed by atoms with Gasteiger partial charge in [-0.15, -0.1) is 0 Å². The summed E-state index contributed by atoms with van der Waals surface area (Å²) in [5, 5.41) is 3.27. The summed E-state index contributed by atoms with van der Waals surface area (Å²) in [5.74, 6) is 1.86. The quantitative estimate of drug-likeness (QED) is 0.517. The van der Waals surface area contributed by atoms with Crippen LogP contribution in [0.1, 0.15) is 50.2 Å². The van der Waals surface area contributed by atoms with Crippen molar-refractivity contribution < 1.29 is 14.3 Å². The van der Waals surface area contributed by atoms with Gasteiger partial charge >= 0.3 is 0 Å². The summed E-state index contributed by atoms with van der Waals surface area (Å²) < 4.78 is 11.2. The van der Waals surface area contributed by atoms with Gasteiger partial charge in [-0.25, -0.2) is 4.98 Å². The molecule has 0 bridgehead atoms. The molecule has 1 aromatic heterocycles. The predicted molar refractivity (Wildman–Crippen MR) is 110 cm³/mol. The molecule has 0 saturated carbocycles. The number of aromatic amines is 1. The Labute approximate surface area is 168 Å². The van der Waals surface area contributed by atoms with E-state index in [0.717, 1.165) is 24.2 Å². The smallest absolute Gasteiger partial charge is 0.257 e. The fraction of sp³-hybridized carbons (Fsp3) is 0.450. The average molecular weight is 404 g/mol. The number of carbonyl (C=O) groups is 1. The second-order valence-corrected chi connectivity index (χ2v) is 7.63. The van der Waals surface area contributed by atoms with Gasteiger partial charge in [0.05, 0.1) is 19.3 Å². The first kappa shape index (κ1) is 20.3. The second-order valence-electron chi connectivity index (χ2n) is 6.55. The Morgan fingerprint density at radius 1 is 1.21 bits per heavy atom. The minimum Gasteiger partial charge on any atom is -0.493 e. The van der Waals surface area contributed by atoms with Crippen LogP contribution in [0.3, 0.4) is 0 Å². The van der Waals surface area contributed by atoms with Crippen molar-refractivity contribution in [2.45, 2.75) is 44.2 Å². The van der Waals surface area contributed by atoms with E-state index in [-0.39, 0.29) is 23.8 Å². The van der Waals surface area contributed by atoms with Gasteiger partial charge in [-0.1, -0.05) is 31.7 Å². The number of carbonyl (C=O) groups excluding carboxylic acids is 1. The molecule has 0 radical (unpaired) electrons. The molecule has 1 aliphatic rings. The Hall–Kier alpha value is -2.48. The molecule has 150 valence electrons. The van der Waals surface area contributed by atoms with Gasteiger partial charge in [-0.2, -0.15) is 0 Å². The minimum atomic E-state index is -0.389. The van der Waals surface area contributed by atoms with E-state index < -0.39 is 0 Å². The lowest BCUT2D eigenvalue weighted by molar-refractivity contribution is -0.116. The van der Waals surface area contributed by atoms with E-state index in [2.05, 4.69) is 22.2 Å². The first-order valence-corrected chi connectivity index (χ1v) is 10.4. The summed E-state index contributed by atoms with van der Waals surface area (Å²) in [4.78, 5) is 32.4. The number of hydrogen-bond acceptors (Lipinski definition) is 6. The lowest BCUT2D eigenvalue weighted by Crippen LogP contribution is -2.31. The molecule has 1 aliphatic heterocycles. The summed E-state index contributed by atoms with van der Waals surface area (Å²) >= 11 is 1.47. The van der Waals surface area contributed by atoms with Crippen LogP contribution in [0.15, 0.2) is 28.2 Å². The van der Waals surface area contributed by atoms with Crippen LogP contribution < -0.4 is 20.3 Å². The number of fused-ring (bicyclic) bond motifs is 1. The molecule has 2 N–H and O–H groups in total. The highest BCUT2D eigenvalue weighted by Crippen LogP contribution is 2.38. The Morgan fingerprint density at radius 2 is 2.04 bits per heavy atom. The lowest BCUT2D eigenvalue weighted by Gasteiger charge is -2.25. The van der Waals surface area contributed by atoms with Crippen LogP contribution in [0.25, 0.3) is 0 Å². The molecular weight excluding hydrogens is 378 g/mol. The molecule has 8 heteroatoms. The molecule has 7 nitrogen and oxygen atoms in total. The highest BCUT2D eigenvalue weighted by atomic mass is 32.2. The Kier molecular flexibility index (Phi) is 6.61. The number of H-pyrrole nitrogens is 1. The number of amides is 1. The summed E-state index contributed by atoms with van der Waals surface area (Å²) in [6.45, 7) is 4.68. The van der Waals surface area contributed by atoms with E-state index in [0.29, 0.717) is 34.6 Å². The highest BCUT2D eigenvalue weighted by Gasteiger charge is 2.31. The third kappa shape index (κ3) is 4.32. The molecule has 0 unspecified atom stereocenters. The highest BCUT2D eigenvalue weighted by molar-refractivity contribution is 7.99. The van der Waals surface area contributed by atoms with Crippen molar-refractivity contribution in [1.82, 2.24) is 9.97 Å². The van der Waals surface area contributed by atoms with E-state index in [4.69, 9.17) is 9.47 Å². The van der Waals surface area contributed by atoms with Crippen LogP contribution in [0.5, 0.6) is 11.5 Å². The van der Waals surface area contributed by atoms with Crippen LogP contribution in [0.4, 0.5) is 5.82 Å². The first-order chi connectivity index (χ1) is 13.6. The van der Waals surface area contributed by atoms with Crippen molar-refractivity contribution in [3.8, 4) is 11.5 Å². The summed E-state index contributed by atoms with van der Waals surface area (Å²) in [5.41, 5.74) is 1.07. The molecule has 2 heterocycles. The molecule has 1 atom stereocenters. The van der Waals surface area contributed by atoms with Crippen LogP contribution in [-0.4, -0.2) is 35.3 Å². The molecule has 1 aromatic carbocycles. The number of rotatable bonds is 8. The number of nitrogens with one attached hydrogen (secondary N) is 2. The topological polar surface area (TPSA) is 93.3 Å². The van der Waals surface area contributed by atoms with E-state index in [9.17, 15) is 9.59 Å². The molecule has 1 amide bonds. The van der Waals surface area contributed by atoms with Crippen molar-refractivity contribution >= 4 is 23.5 Å². The van der Waals surface area contributed by atoms with Gasteiger partial charge in [-0.3, -0.25) is 9.59 Å². The van der Waals surface area contributed by atoms with Crippen LogP contribution in [-0.2, 0) is 4.79 Å². The van der Waals surface area contributed by atoms with Gasteiger partial charge in [0.15, 0.2) is 16.7 Å². The molecular formula is C20H25N3O4S. The average Bonchev–Trinajstić information content (AvgIpc) is 2.69. The Bertz CT molecular complexity index is 913. The number of thioether (sulfide) groups is 1. The molecule has 0 fully saturated rings. The maximum atomic E-state index is 12.8. The summed E-state index contributed by atoms with van der Waals surface area (Å²) in [6, 6.07) is 5.53. The second kappa shape index (κ2) is 9.14. The monoisotopic (exact) mass is 403 g/mol. The van der Waals surface area contributed by atoms with Crippen LogP contribution >= 0.6 is 11.8 Å². The number of anilines is 1. The zero-order valence-electron chi connectivity index (χ0n) is 16.3. The van der Waals surface area contributed by atoms with Crippen molar-refractivity contribution in [2.24, 2.45) is 0 Å². The number of hydrogen-bond donors (Lipinski definition) is 2. The van der Waals surface area contributed by atoms with Gasteiger partial charge in [0.1, 0.15) is 5.82 Å². The van der Waals surface area contributed by atoms with Gasteiger partial charge in [-0.05, 0) is 30.5 Å². The zero-order valence-corrected chi connectivity index (χ0v) is 17.1. The third-order valence-electron chi connectivity index (χ3n) is 4.42. The zero-order chi connectivity index (χ0) is 20.1. The number of nitrogens with zero attached hydrogens (tertiary/aromatic N) is 1. The van der Waals surface area contributed by atoms with Crippen LogP contribution in [0.2, 0.25) is 0 Å². The van der Waals surface area contributed by atoms with Crippen molar-refractivity contribution in [2.75, 3.05) is 24.8 Å².